The minimum absolute atomic E-state index is 0.0217. The second kappa shape index (κ2) is 5.69. The number of urea groups is 1. The van der Waals surface area contributed by atoms with E-state index in [0.29, 0.717) is 18.4 Å². The molecule has 3 amide bonds. The Bertz CT molecular complexity index is 397. The van der Waals surface area contributed by atoms with Gasteiger partial charge in [-0.15, -0.1) is 0 Å². The quantitative estimate of drug-likeness (QED) is 0.689. The summed E-state index contributed by atoms with van der Waals surface area (Å²) in [7, 11) is 0. The standard InChI is InChI=1S/C14H26N4O2/c1-5-16-13(20)17-12(19)9(2)18-8-10-6-15-7-11(10)14(18,3)4/h9-11,15H,5-8H2,1-4H3,(H2,16,17,19,20). The maximum Gasteiger partial charge on any atom is 0.321 e. The van der Waals surface area contributed by atoms with Gasteiger partial charge in [0.25, 0.3) is 0 Å². The fourth-order valence-electron chi connectivity index (χ4n) is 3.67. The van der Waals surface area contributed by atoms with Gasteiger partial charge in [-0.05, 0) is 46.1 Å². The molecule has 0 radical (unpaired) electrons. The molecule has 0 bridgehead atoms. The minimum atomic E-state index is -0.414. The van der Waals surface area contributed by atoms with Crippen molar-refractivity contribution in [3.8, 4) is 0 Å². The van der Waals surface area contributed by atoms with Crippen LogP contribution in [0.3, 0.4) is 0 Å². The minimum Gasteiger partial charge on any atom is -0.338 e. The predicted octanol–water partition coefficient (Wildman–Crippen LogP) is 0.150. The second-order valence-electron chi connectivity index (χ2n) is 6.36. The average molecular weight is 282 g/mol. The van der Waals surface area contributed by atoms with Crippen LogP contribution in [-0.4, -0.2) is 54.6 Å². The third-order valence-electron chi connectivity index (χ3n) is 4.84. The number of imide groups is 1. The lowest BCUT2D eigenvalue weighted by molar-refractivity contribution is -0.126. The summed E-state index contributed by atoms with van der Waals surface area (Å²) in [4.78, 5) is 25.9. The third kappa shape index (κ3) is 2.67. The van der Waals surface area contributed by atoms with Crippen molar-refractivity contribution in [2.75, 3.05) is 26.2 Å². The van der Waals surface area contributed by atoms with Crippen molar-refractivity contribution < 1.29 is 9.59 Å². The Morgan fingerprint density at radius 3 is 2.70 bits per heavy atom. The Morgan fingerprint density at radius 2 is 2.10 bits per heavy atom. The highest BCUT2D eigenvalue weighted by atomic mass is 16.2. The fourth-order valence-corrected chi connectivity index (χ4v) is 3.67. The van der Waals surface area contributed by atoms with Crippen LogP contribution in [0.25, 0.3) is 0 Å². The van der Waals surface area contributed by atoms with Gasteiger partial charge in [0, 0.05) is 25.2 Å². The summed E-state index contributed by atoms with van der Waals surface area (Å²) in [6.07, 6.45) is 0. The molecule has 2 rings (SSSR count). The number of likely N-dealkylation sites (tertiary alicyclic amines) is 1. The molecule has 0 spiro atoms. The SMILES string of the molecule is CCNC(=O)NC(=O)C(C)N1CC2CNCC2C1(C)C. The van der Waals surface area contributed by atoms with Gasteiger partial charge in [0.05, 0.1) is 6.04 Å². The average Bonchev–Trinajstić information content (AvgIpc) is 2.91. The first-order valence-corrected chi connectivity index (χ1v) is 7.44. The van der Waals surface area contributed by atoms with E-state index in [4.69, 9.17) is 0 Å². The zero-order valence-electron chi connectivity index (χ0n) is 12.8. The number of hydrogen-bond donors (Lipinski definition) is 3. The number of rotatable bonds is 3. The molecule has 6 heteroatoms. The highest BCUT2D eigenvalue weighted by molar-refractivity contribution is 5.96. The number of hydrogen-bond acceptors (Lipinski definition) is 4. The summed E-state index contributed by atoms with van der Waals surface area (Å²) < 4.78 is 0. The van der Waals surface area contributed by atoms with Crippen LogP contribution in [-0.2, 0) is 4.79 Å². The summed E-state index contributed by atoms with van der Waals surface area (Å²) in [5, 5.41) is 8.42. The summed E-state index contributed by atoms with van der Waals surface area (Å²) >= 11 is 0. The van der Waals surface area contributed by atoms with Crippen molar-refractivity contribution in [1.82, 2.24) is 20.9 Å². The van der Waals surface area contributed by atoms with E-state index in [0.717, 1.165) is 19.6 Å². The van der Waals surface area contributed by atoms with Crippen molar-refractivity contribution in [2.24, 2.45) is 11.8 Å². The predicted molar refractivity (Wildman–Crippen MR) is 77.3 cm³/mol. The van der Waals surface area contributed by atoms with Gasteiger partial charge in [-0.1, -0.05) is 0 Å². The molecule has 2 saturated heterocycles. The van der Waals surface area contributed by atoms with Crippen molar-refractivity contribution in [3.63, 3.8) is 0 Å². The molecule has 2 heterocycles. The molecule has 3 N–H and O–H groups in total. The van der Waals surface area contributed by atoms with Crippen molar-refractivity contribution in [1.29, 1.82) is 0 Å². The molecule has 0 aliphatic carbocycles. The van der Waals surface area contributed by atoms with Crippen LogP contribution in [0.15, 0.2) is 0 Å². The Balaban J connectivity index is 2.00. The lowest BCUT2D eigenvalue weighted by Crippen LogP contribution is -2.55. The maximum atomic E-state index is 12.2. The molecule has 114 valence electrons. The lowest BCUT2D eigenvalue weighted by Gasteiger charge is -2.38. The first-order valence-electron chi connectivity index (χ1n) is 7.44. The van der Waals surface area contributed by atoms with Gasteiger partial charge in [-0.25, -0.2) is 4.79 Å². The molecule has 0 aromatic rings. The van der Waals surface area contributed by atoms with E-state index in [-0.39, 0.29) is 17.5 Å². The molecule has 20 heavy (non-hydrogen) atoms. The van der Waals surface area contributed by atoms with Crippen LogP contribution >= 0.6 is 0 Å². The fraction of sp³-hybridized carbons (Fsp3) is 0.857. The van der Waals surface area contributed by atoms with E-state index >= 15 is 0 Å². The molecular weight excluding hydrogens is 256 g/mol. The maximum absolute atomic E-state index is 12.2. The Kier molecular flexibility index (Phi) is 4.34. The number of nitrogens with one attached hydrogen (secondary N) is 3. The topological polar surface area (TPSA) is 73.5 Å². The summed E-state index contributed by atoms with van der Waals surface area (Å²) in [5.74, 6) is 0.948. The molecule has 0 aromatic carbocycles. The van der Waals surface area contributed by atoms with Crippen LogP contribution in [0.1, 0.15) is 27.7 Å². The molecule has 0 saturated carbocycles. The largest absolute Gasteiger partial charge is 0.338 e. The lowest BCUT2D eigenvalue weighted by atomic mass is 9.84. The van der Waals surface area contributed by atoms with E-state index in [2.05, 4.69) is 34.7 Å². The van der Waals surface area contributed by atoms with Crippen molar-refractivity contribution in [2.45, 2.75) is 39.3 Å². The number of carbonyl (C=O) groups excluding carboxylic acids is 2. The Hall–Kier alpha value is -1.14. The summed E-state index contributed by atoms with van der Waals surface area (Å²) in [6.45, 7) is 11.6. The highest BCUT2D eigenvalue weighted by Gasteiger charge is 2.51. The van der Waals surface area contributed by atoms with Gasteiger partial charge < -0.3 is 10.6 Å². The second-order valence-corrected chi connectivity index (χ2v) is 6.36. The molecular formula is C14H26N4O2. The van der Waals surface area contributed by atoms with Crippen molar-refractivity contribution >= 4 is 11.9 Å². The van der Waals surface area contributed by atoms with Gasteiger partial charge in [0.1, 0.15) is 0 Å². The highest BCUT2D eigenvalue weighted by Crippen LogP contribution is 2.41. The van der Waals surface area contributed by atoms with Crippen LogP contribution < -0.4 is 16.0 Å². The van der Waals surface area contributed by atoms with E-state index in [9.17, 15) is 9.59 Å². The zero-order valence-corrected chi connectivity index (χ0v) is 12.8. The zero-order chi connectivity index (χ0) is 14.9. The third-order valence-corrected chi connectivity index (χ3v) is 4.84. The van der Waals surface area contributed by atoms with Crippen LogP contribution in [0.4, 0.5) is 4.79 Å². The monoisotopic (exact) mass is 282 g/mol. The molecule has 2 aliphatic heterocycles. The van der Waals surface area contributed by atoms with Gasteiger partial charge in [0.2, 0.25) is 5.91 Å². The number of amides is 3. The number of nitrogens with zero attached hydrogens (tertiary/aromatic N) is 1. The van der Waals surface area contributed by atoms with Crippen LogP contribution in [0, 0.1) is 11.8 Å². The molecule has 0 aromatic heterocycles. The van der Waals surface area contributed by atoms with Crippen LogP contribution in [0.2, 0.25) is 0 Å². The van der Waals surface area contributed by atoms with E-state index < -0.39 is 6.03 Å². The molecule has 6 nitrogen and oxygen atoms in total. The van der Waals surface area contributed by atoms with Gasteiger partial charge in [0.15, 0.2) is 0 Å². The van der Waals surface area contributed by atoms with Gasteiger partial charge in [-0.2, -0.15) is 0 Å². The number of fused-ring (bicyclic) bond motifs is 1. The molecule has 2 aliphatic rings. The van der Waals surface area contributed by atoms with E-state index in [1.54, 1.807) is 0 Å². The van der Waals surface area contributed by atoms with E-state index in [1.807, 2.05) is 13.8 Å². The summed E-state index contributed by atoms with van der Waals surface area (Å²) in [6, 6.07) is -0.707. The first kappa shape index (κ1) is 15.3. The van der Waals surface area contributed by atoms with E-state index in [1.165, 1.54) is 0 Å². The Morgan fingerprint density at radius 1 is 1.40 bits per heavy atom. The van der Waals surface area contributed by atoms with Crippen molar-refractivity contribution in [3.05, 3.63) is 0 Å². The molecule has 2 fully saturated rings. The van der Waals surface area contributed by atoms with Crippen LogP contribution in [0.5, 0.6) is 0 Å². The van der Waals surface area contributed by atoms with Gasteiger partial charge >= 0.3 is 6.03 Å². The first-order chi connectivity index (χ1) is 9.37. The number of carbonyl (C=O) groups is 2. The smallest absolute Gasteiger partial charge is 0.321 e. The normalized spacial score (nSPS) is 29.8. The van der Waals surface area contributed by atoms with Gasteiger partial charge in [-0.3, -0.25) is 15.0 Å². The summed E-state index contributed by atoms with van der Waals surface area (Å²) in [5.41, 5.74) is -0.0217. The Labute approximate surface area is 120 Å². The molecule has 3 unspecified atom stereocenters. The molecule has 3 atom stereocenters.